The second-order valence-corrected chi connectivity index (χ2v) is 7.33. The summed E-state index contributed by atoms with van der Waals surface area (Å²) in [7, 11) is 0. The minimum atomic E-state index is 0.0587. The Balaban J connectivity index is 2.14. The number of benzene rings is 1. The van der Waals surface area contributed by atoms with Gasteiger partial charge in [0.1, 0.15) is 0 Å². The minimum Gasteiger partial charge on any atom is -0.373 e. The van der Waals surface area contributed by atoms with Gasteiger partial charge in [-0.05, 0) is 51.3 Å². The Morgan fingerprint density at radius 3 is 2.70 bits per heavy atom. The lowest BCUT2D eigenvalue weighted by molar-refractivity contribution is -0.0292. The van der Waals surface area contributed by atoms with Crippen molar-refractivity contribution in [3.8, 4) is 0 Å². The molecule has 0 aromatic heterocycles. The fourth-order valence-corrected chi connectivity index (χ4v) is 3.08. The van der Waals surface area contributed by atoms with E-state index in [4.69, 9.17) is 27.9 Å². The van der Waals surface area contributed by atoms with Crippen LogP contribution in [0.2, 0.25) is 10.0 Å². The van der Waals surface area contributed by atoms with Gasteiger partial charge in [-0.3, -0.25) is 0 Å². The van der Waals surface area contributed by atoms with Gasteiger partial charge in [0, 0.05) is 34.7 Å². The van der Waals surface area contributed by atoms with E-state index in [1.165, 1.54) is 0 Å². The first kappa shape index (κ1) is 16.1. The number of hydrogen-bond acceptors (Lipinski definition) is 2. The molecule has 1 fully saturated rings. The van der Waals surface area contributed by atoms with E-state index in [2.05, 4.69) is 26.1 Å². The van der Waals surface area contributed by atoms with Gasteiger partial charge in [0.05, 0.1) is 6.10 Å². The van der Waals surface area contributed by atoms with Gasteiger partial charge in [-0.1, -0.05) is 29.3 Å². The molecule has 1 heterocycles. The van der Waals surface area contributed by atoms with Crippen molar-refractivity contribution in [2.75, 3.05) is 13.2 Å². The molecule has 1 aliphatic heterocycles. The highest BCUT2D eigenvalue weighted by Gasteiger charge is 2.29. The lowest BCUT2D eigenvalue weighted by Gasteiger charge is -2.35. The molecule has 1 saturated heterocycles. The quantitative estimate of drug-likeness (QED) is 0.861. The summed E-state index contributed by atoms with van der Waals surface area (Å²) >= 11 is 12.3. The van der Waals surface area contributed by atoms with E-state index < -0.39 is 0 Å². The van der Waals surface area contributed by atoms with Crippen molar-refractivity contribution in [1.29, 1.82) is 0 Å². The minimum absolute atomic E-state index is 0.0587. The third kappa shape index (κ3) is 4.36. The summed E-state index contributed by atoms with van der Waals surface area (Å²) in [4.78, 5) is 0. The Labute approximate surface area is 131 Å². The topological polar surface area (TPSA) is 21.3 Å². The number of rotatable bonds is 3. The summed E-state index contributed by atoms with van der Waals surface area (Å²) in [6.45, 7) is 8.28. The SMILES string of the molecule is CC(C)(C)NCC1CCCOC1c1ccc(Cl)cc1Cl. The van der Waals surface area contributed by atoms with Gasteiger partial charge in [-0.15, -0.1) is 0 Å². The molecule has 0 aliphatic carbocycles. The van der Waals surface area contributed by atoms with Crippen LogP contribution >= 0.6 is 23.2 Å². The van der Waals surface area contributed by atoms with E-state index in [0.717, 1.165) is 31.6 Å². The van der Waals surface area contributed by atoms with Crippen LogP contribution in [0.3, 0.4) is 0 Å². The molecular weight excluding hydrogens is 293 g/mol. The molecule has 0 radical (unpaired) electrons. The zero-order valence-corrected chi connectivity index (χ0v) is 13.9. The third-order valence-electron chi connectivity index (χ3n) is 3.61. The summed E-state index contributed by atoms with van der Waals surface area (Å²) in [6, 6.07) is 5.67. The Morgan fingerprint density at radius 1 is 1.30 bits per heavy atom. The zero-order chi connectivity index (χ0) is 14.8. The van der Waals surface area contributed by atoms with E-state index in [0.29, 0.717) is 16.0 Å². The molecule has 2 rings (SSSR count). The molecule has 2 unspecified atom stereocenters. The average Bonchev–Trinajstić information content (AvgIpc) is 2.36. The van der Waals surface area contributed by atoms with E-state index in [-0.39, 0.29) is 11.6 Å². The smallest absolute Gasteiger partial charge is 0.0879 e. The van der Waals surface area contributed by atoms with Gasteiger partial charge >= 0.3 is 0 Å². The fourth-order valence-electron chi connectivity index (χ4n) is 2.57. The highest BCUT2D eigenvalue weighted by Crippen LogP contribution is 2.37. The molecule has 1 aromatic carbocycles. The molecule has 0 bridgehead atoms. The van der Waals surface area contributed by atoms with Crippen molar-refractivity contribution in [2.24, 2.45) is 5.92 Å². The predicted molar refractivity (Wildman–Crippen MR) is 85.6 cm³/mol. The summed E-state index contributed by atoms with van der Waals surface area (Å²) < 4.78 is 6.00. The van der Waals surface area contributed by atoms with Gasteiger partial charge in [-0.25, -0.2) is 0 Å². The predicted octanol–water partition coefficient (Wildman–Crippen LogP) is 4.85. The van der Waals surface area contributed by atoms with E-state index in [9.17, 15) is 0 Å². The van der Waals surface area contributed by atoms with Crippen molar-refractivity contribution >= 4 is 23.2 Å². The molecule has 1 N–H and O–H groups in total. The second kappa shape index (κ2) is 6.65. The molecule has 1 aromatic rings. The van der Waals surface area contributed by atoms with E-state index in [1.807, 2.05) is 12.1 Å². The monoisotopic (exact) mass is 315 g/mol. The van der Waals surface area contributed by atoms with Crippen LogP contribution in [0, 0.1) is 5.92 Å². The first-order valence-electron chi connectivity index (χ1n) is 7.18. The van der Waals surface area contributed by atoms with Crippen LogP contribution < -0.4 is 5.32 Å². The maximum absolute atomic E-state index is 6.33. The first-order chi connectivity index (χ1) is 9.37. The van der Waals surface area contributed by atoms with Crippen molar-refractivity contribution in [2.45, 2.75) is 45.3 Å². The van der Waals surface area contributed by atoms with E-state index in [1.54, 1.807) is 6.07 Å². The van der Waals surface area contributed by atoms with Crippen LogP contribution in [0.5, 0.6) is 0 Å². The number of hydrogen-bond donors (Lipinski definition) is 1. The molecule has 4 heteroatoms. The summed E-state index contributed by atoms with van der Waals surface area (Å²) in [5.74, 6) is 0.446. The largest absolute Gasteiger partial charge is 0.373 e. The average molecular weight is 316 g/mol. The highest BCUT2D eigenvalue weighted by atomic mass is 35.5. The molecule has 0 saturated carbocycles. The van der Waals surface area contributed by atoms with Crippen LogP contribution in [-0.2, 0) is 4.74 Å². The Kier molecular flexibility index (Phi) is 5.36. The van der Waals surface area contributed by atoms with Gasteiger partial charge in [-0.2, -0.15) is 0 Å². The maximum atomic E-state index is 6.33. The fraction of sp³-hybridized carbons (Fsp3) is 0.625. The lowest BCUT2D eigenvalue weighted by Crippen LogP contribution is -2.41. The number of nitrogens with one attached hydrogen (secondary N) is 1. The Morgan fingerprint density at radius 2 is 2.05 bits per heavy atom. The second-order valence-electron chi connectivity index (χ2n) is 6.49. The van der Waals surface area contributed by atoms with Crippen LogP contribution in [0.15, 0.2) is 18.2 Å². The number of ether oxygens (including phenoxy) is 1. The molecule has 1 aliphatic rings. The van der Waals surface area contributed by atoms with Gasteiger partial charge in [0.2, 0.25) is 0 Å². The summed E-state index contributed by atoms with van der Waals surface area (Å²) in [5.41, 5.74) is 1.17. The number of halogens is 2. The standard InChI is InChI=1S/C16H23Cl2NO/c1-16(2,3)19-10-11-5-4-8-20-15(11)13-7-6-12(17)9-14(13)18/h6-7,9,11,15,19H,4-5,8,10H2,1-3H3. The van der Waals surface area contributed by atoms with Crippen molar-refractivity contribution in [3.63, 3.8) is 0 Å². The Bertz CT molecular complexity index is 456. The molecule has 2 nitrogen and oxygen atoms in total. The highest BCUT2D eigenvalue weighted by molar-refractivity contribution is 6.35. The van der Waals surface area contributed by atoms with Crippen LogP contribution in [0.25, 0.3) is 0 Å². The molecule has 0 spiro atoms. The lowest BCUT2D eigenvalue weighted by atomic mass is 9.88. The van der Waals surface area contributed by atoms with Crippen molar-refractivity contribution in [1.82, 2.24) is 5.32 Å². The van der Waals surface area contributed by atoms with Crippen LogP contribution in [0.1, 0.15) is 45.3 Å². The molecule has 0 amide bonds. The molecule has 112 valence electrons. The summed E-state index contributed by atoms with van der Waals surface area (Å²) in [6.07, 6.45) is 2.33. The zero-order valence-electron chi connectivity index (χ0n) is 12.4. The molecule has 20 heavy (non-hydrogen) atoms. The van der Waals surface area contributed by atoms with Crippen molar-refractivity contribution in [3.05, 3.63) is 33.8 Å². The van der Waals surface area contributed by atoms with Crippen molar-refractivity contribution < 1.29 is 4.74 Å². The maximum Gasteiger partial charge on any atom is 0.0879 e. The van der Waals surface area contributed by atoms with Crippen LogP contribution in [0.4, 0.5) is 0 Å². The van der Waals surface area contributed by atoms with E-state index >= 15 is 0 Å². The normalized spacial score (nSPS) is 23.9. The van der Waals surface area contributed by atoms with Gasteiger partial charge in [0.15, 0.2) is 0 Å². The first-order valence-corrected chi connectivity index (χ1v) is 7.94. The molecular formula is C16H23Cl2NO. The van der Waals surface area contributed by atoms with Gasteiger partial charge in [0.25, 0.3) is 0 Å². The Hall–Kier alpha value is -0.280. The van der Waals surface area contributed by atoms with Crippen LogP contribution in [-0.4, -0.2) is 18.7 Å². The van der Waals surface area contributed by atoms with Gasteiger partial charge < -0.3 is 10.1 Å². The molecule has 2 atom stereocenters. The third-order valence-corrected chi connectivity index (χ3v) is 4.17. The summed E-state index contributed by atoms with van der Waals surface area (Å²) in [5, 5.41) is 4.94.